The molecule has 1 aliphatic heterocycles. The van der Waals surface area contributed by atoms with Crippen molar-refractivity contribution in [1.29, 1.82) is 0 Å². The Morgan fingerprint density at radius 1 is 1.22 bits per heavy atom. The lowest BCUT2D eigenvalue weighted by Crippen LogP contribution is -2.55. The Kier molecular flexibility index (Phi) is 6.11. The molecule has 128 valence electrons. The highest BCUT2D eigenvalue weighted by Gasteiger charge is 2.30. The van der Waals surface area contributed by atoms with Crippen LogP contribution in [0.15, 0.2) is 30.3 Å². The second kappa shape index (κ2) is 7.87. The van der Waals surface area contributed by atoms with Crippen LogP contribution in [-0.4, -0.2) is 69.5 Å². The topological polar surface area (TPSA) is 92.9 Å². The zero-order valence-electron chi connectivity index (χ0n) is 13.2. The van der Waals surface area contributed by atoms with Crippen LogP contribution in [0.5, 0.6) is 0 Å². The molecule has 0 saturated carbocycles. The van der Waals surface area contributed by atoms with E-state index in [1.165, 1.54) is 11.4 Å². The third-order valence-electron chi connectivity index (χ3n) is 3.80. The smallest absolute Gasteiger partial charge is 0.241 e. The molecule has 0 spiro atoms. The number of sulfonamides is 1. The highest BCUT2D eigenvalue weighted by atomic mass is 32.2. The van der Waals surface area contributed by atoms with Gasteiger partial charge in [0, 0.05) is 33.3 Å². The minimum Gasteiger partial charge on any atom is -0.383 e. The number of carbonyl (C=O) groups is 1. The van der Waals surface area contributed by atoms with Crippen molar-refractivity contribution < 1.29 is 17.9 Å². The molecular formula is C15H23N3O4S. The van der Waals surface area contributed by atoms with Crippen LogP contribution in [0.3, 0.4) is 0 Å². The zero-order chi connectivity index (χ0) is 16.9. The number of amides is 1. The maximum Gasteiger partial charge on any atom is 0.241 e. The zero-order valence-corrected chi connectivity index (χ0v) is 14.0. The number of rotatable bonds is 6. The quantitative estimate of drug-likeness (QED) is 0.762. The summed E-state index contributed by atoms with van der Waals surface area (Å²) in [6.07, 6.45) is 0. The summed E-state index contributed by atoms with van der Waals surface area (Å²) in [5.74, 6) is -0.225. The van der Waals surface area contributed by atoms with Crippen LogP contribution < -0.4 is 5.73 Å². The Labute approximate surface area is 137 Å². The molecule has 7 nitrogen and oxygen atoms in total. The molecule has 1 saturated heterocycles. The van der Waals surface area contributed by atoms with Gasteiger partial charge in [0.25, 0.3) is 0 Å². The summed E-state index contributed by atoms with van der Waals surface area (Å²) in [4.78, 5) is 13.7. The molecule has 0 aromatic heterocycles. The molecule has 1 aromatic carbocycles. The van der Waals surface area contributed by atoms with Gasteiger partial charge in [0.05, 0.1) is 12.4 Å². The van der Waals surface area contributed by atoms with E-state index in [1.807, 2.05) is 18.2 Å². The van der Waals surface area contributed by atoms with Gasteiger partial charge in [-0.25, -0.2) is 8.42 Å². The van der Waals surface area contributed by atoms with Crippen LogP contribution in [0.2, 0.25) is 0 Å². The molecule has 1 heterocycles. The van der Waals surface area contributed by atoms with Crippen molar-refractivity contribution in [2.24, 2.45) is 5.73 Å². The summed E-state index contributed by atoms with van der Waals surface area (Å²) in [5, 5.41) is 0. The first-order chi connectivity index (χ1) is 10.9. The van der Waals surface area contributed by atoms with Gasteiger partial charge in [-0.3, -0.25) is 4.79 Å². The second-order valence-electron chi connectivity index (χ2n) is 5.53. The maximum absolute atomic E-state index is 12.4. The van der Waals surface area contributed by atoms with E-state index in [4.69, 9.17) is 10.5 Å². The van der Waals surface area contributed by atoms with Gasteiger partial charge >= 0.3 is 0 Å². The molecule has 2 N–H and O–H groups in total. The van der Waals surface area contributed by atoms with Crippen molar-refractivity contribution in [2.45, 2.75) is 11.8 Å². The van der Waals surface area contributed by atoms with Crippen molar-refractivity contribution in [2.75, 3.05) is 39.9 Å². The summed E-state index contributed by atoms with van der Waals surface area (Å²) in [6, 6.07) is 8.37. The summed E-state index contributed by atoms with van der Waals surface area (Å²) in [5.41, 5.74) is 6.49. The summed E-state index contributed by atoms with van der Waals surface area (Å²) in [7, 11) is -1.89. The Morgan fingerprint density at radius 3 is 2.39 bits per heavy atom. The van der Waals surface area contributed by atoms with Crippen LogP contribution in [0.25, 0.3) is 0 Å². The Bertz CT molecular complexity index is 613. The van der Waals surface area contributed by atoms with E-state index in [2.05, 4.69) is 0 Å². The van der Waals surface area contributed by atoms with E-state index in [0.717, 1.165) is 5.56 Å². The lowest BCUT2D eigenvalue weighted by Gasteiger charge is -2.35. The van der Waals surface area contributed by atoms with Gasteiger partial charge in [-0.05, 0) is 5.56 Å². The first-order valence-electron chi connectivity index (χ1n) is 7.49. The number of ether oxygens (including phenoxy) is 1. The third kappa shape index (κ3) is 4.74. The molecule has 23 heavy (non-hydrogen) atoms. The number of piperazine rings is 1. The minimum atomic E-state index is -3.38. The van der Waals surface area contributed by atoms with E-state index < -0.39 is 16.1 Å². The molecule has 0 bridgehead atoms. The summed E-state index contributed by atoms with van der Waals surface area (Å²) in [6.45, 7) is 1.45. The number of hydrogen-bond donors (Lipinski definition) is 1. The largest absolute Gasteiger partial charge is 0.383 e. The molecule has 8 heteroatoms. The van der Waals surface area contributed by atoms with Crippen LogP contribution in [0.1, 0.15) is 5.56 Å². The van der Waals surface area contributed by atoms with Gasteiger partial charge in [0.1, 0.15) is 6.04 Å². The van der Waals surface area contributed by atoms with Crippen LogP contribution in [0, 0.1) is 0 Å². The van der Waals surface area contributed by atoms with E-state index in [1.54, 1.807) is 17.0 Å². The molecule has 1 atom stereocenters. The Hall–Kier alpha value is -1.48. The number of methoxy groups -OCH3 is 1. The molecule has 1 aliphatic rings. The monoisotopic (exact) mass is 341 g/mol. The molecular weight excluding hydrogens is 318 g/mol. The molecule has 1 aromatic rings. The lowest BCUT2D eigenvalue weighted by molar-refractivity contribution is -0.134. The van der Waals surface area contributed by atoms with Crippen molar-refractivity contribution in [3.8, 4) is 0 Å². The van der Waals surface area contributed by atoms with Crippen LogP contribution >= 0.6 is 0 Å². The summed E-state index contributed by atoms with van der Waals surface area (Å²) >= 11 is 0. The molecule has 1 unspecified atom stereocenters. The number of carbonyl (C=O) groups excluding carboxylic acids is 1. The highest BCUT2D eigenvalue weighted by molar-refractivity contribution is 7.88. The van der Waals surface area contributed by atoms with E-state index >= 15 is 0 Å². The molecule has 0 aliphatic carbocycles. The van der Waals surface area contributed by atoms with Crippen LogP contribution in [0.4, 0.5) is 0 Å². The fourth-order valence-corrected chi connectivity index (χ4v) is 4.06. The Balaban J connectivity index is 1.92. The SMILES string of the molecule is COCC(N)C(=O)N1CCN(S(=O)(=O)Cc2ccccc2)CC1. The van der Waals surface area contributed by atoms with Crippen molar-refractivity contribution in [3.05, 3.63) is 35.9 Å². The van der Waals surface area contributed by atoms with Gasteiger partial charge in [-0.1, -0.05) is 30.3 Å². The number of benzene rings is 1. The molecule has 2 rings (SSSR count). The number of hydrogen-bond acceptors (Lipinski definition) is 5. The lowest BCUT2D eigenvalue weighted by atomic mass is 10.2. The number of nitrogens with zero attached hydrogens (tertiary/aromatic N) is 2. The second-order valence-corrected chi connectivity index (χ2v) is 7.50. The van der Waals surface area contributed by atoms with Gasteiger partial charge in [0.2, 0.25) is 15.9 Å². The minimum absolute atomic E-state index is 0.0228. The predicted octanol–water partition coefficient (Wildman–Crippen LogP) is -0.366. The van der Waals surface area contributed by atoms with Crippen molar-refractivity contribution >= 4 is 15.9 Å². The van der Waals surface area contributed by atoms with E-state index in [9.17, 15) is 13.2 Å². The first-order valence-corrected chi connectivity index (χ1v) is 9.10. The van der Waals surface area contributed by atoms with Gasteiger partial charge in [-0.15, -0.1) is 0 Å². The van der Waals surface area contributed by atoms with Crippen molar-refractivity contribution in [3.63, 3.8) is 0 Å². The standard InChI is InChI=1S/C15H23N3O4S/c1-22-11-14(16)15(19)17-7-9-18(10-8-17)23(20,21)12-13-5-3-2-4-6-13/h2-6,14H,7-12,16H2,1H3. The highest BCUT2D eigenvalue weighted by Crippen LogP contribution is 2.14. The fourth-order valence-electron chi connectivity index (χ4n) is 2.55. The number of nitrogens with two attached hydrogens (primary N) is 1. The molecule has 0 radical (unpaired) electrons. The van der Waals surface area contributed by atoms with Gasteiger partial charge < -0.3 is 15.4 Å². The average molecular weight is 341 g/mol. The molecule has 1 amide bonds. The first kappa shape index (κ1) is 17.9. The third-order valence-corrected chi connectivity index (χ3v) is 5.65. The van der Waals surface area contributed by atoms with Gasteiger partial charge in [-0.2, -0.15) is 4.31 Å². The van der Waals surface area contributed by atoms with Crippen LogP contribution in [-0.2, 0) is 25.3 Å². The maximum atomic E-state index is 12.4. The predicted molar refractivity (Wildman–Crippen MR) is 87.1 cm³/mol. The summed E-state index contributed by atoms with van der Waals surface area (Å²) < 4.78 is 31.2. The fraction of sp³-hybridized carbons (Fsp3) is 0.533. The van der Waals surface area contributed by atoms with E-state index in [-0.39, 0.29) is 18.3 Å². The Morgan fingerprint density at radius 2 is 1.83 bits per heavy atom. The van der Waals surface area contributed by atoms with E-state index in [0.29, 0.717) is 26.2 Å². The average Bonchev–Trinajstić information content (AvgIpc) is 2.55. The van der Waals surface area contributed by atoms with Crippen molar-refractivity contribution in [1.82, 2.24) is 9.21 Å². The normalized spacial score (nSPS) is 17.9. The molecule has 1 fully saturated rings. The van der Waals surface area contributed by atoms with Gasteiger partial charge in [0.15, 0.2) is 0 Å².